The van der Waals surface area contributed by atoms with Crippen molar-refractivity contribution in [1.29, 1.82) is 0 Å². The molecule has 6 heteroatoms. The third-order valence-corrected chi connectivity index (χ3v) is 3.22. The maximum absolute atomic E-state index is 11.3. The van der Waals surface area contributed by atoms with Gasteiger partial charge in [0.15, 0.2) is 16.7 Å². The predicted molar refractivity (Wildman–Crippen MR) is 79.2 cm³/mol. The molecule has 0 bridgehead atoms. The minimum Gasteiger partial charge on any atom is -0.504 e. The number of aromatic nitrogens is 2. The van der Waals surface area contributed by atoms with E-state index >= 15 is 0 Å². The minimum atomic E-state index is -0.109. The fraction of sp³-hybridized carbons (Fsp3) is 0.0667. The number of fused-ring (bicyclic) bond motifs is 1. The highest BCUT2D eigenvalue weighted by Crippen LogP contribution is 2.24. The summed E-state index contributed by atoms with van der Waals surface area (Å²) < 4.78 is 6.78. The minimum absolute atomic E-state index is 0.0213. The van der Waals surface area contributed by atoms with Crippen molar-refractivity contribution in [2.75, 3.05) is 12.8 Å². The first-order valence-electron chi connectivity index (χ1n) is 6.24. The number of nitrogen functional groups attached to an aromatic ring is 1. The molecule has 0 amide bonds. The van der Waals surface area contributed by atoms with Crippen LogP contribution in [0.5, 0.6) is 5.75 Å². The third-order valence-electron chi connectivity index (χ3n) is 3.22. The highest BCUT2D eigenvalue weighted by atomic mass is 16.5. The summed E-state index contributed by atoms with van der Waals surface area (Å²) in [7, 11) is 1.51. The SMILES string of the molecule is COc1cc(C(O)=c2ncc3cc(=O)ccn23)ccc1N. The molecular weight excluding hydrogens is 270 g/mol. The largest absolute Gasteiger partial charge is 0.504 e. The Morgan fingerprint density at radius 3 is 2.90 bits per heavy atom. The molecule has 2 heterocycles. The highest BCUT2D eigenvalue weighted by Gasteiger charge is 2.08. The first kappa shape index (κ1) is 13.0. The zero-order valence-electron chi connectivity index (χ0n) is 11.3. The number of methoxy groups -OCH3 is 1. The van der Waals surface area contributed by atoms with Gasteiger partial charge in [0.2, 0.25) is 0 Å². The topological polar surface area (TPSA) is 89.8 Å². The van der Waals surface area contributed by atoms with Gasteiger partial charge >= 0.3 is 0 Å². The van der Waals surface area contributed by atoms with Gasteiger partial charge in [0.25, 0.3) is 0 Å². The van der Waals surface area contributed by atoms with Crippen LogP contribution in [0.1, 0.15) is 5.56 Å². The number of pyridine rings is 1. The molecule has 3 N–H and O–H groups in total. The van der Waals surface area contributed by atoms with Crippen LogP contribution in [-0.4, -0.2) is 21.6 Å². The van der Waals surface area contributed by atoms with Crippen LogP contribution in [0.4, 0.5) is 5.69 Å². The van der Waals surface area contributed by atoms with E-state index < -0.39 is 0 Å². The molecular formula is C15H13N3O3. The van der Waals surface area contributed by atoms with Gasteiger partial charge in [-0.15, -0.1) is 0 Å². The second-order valence-electron chi connectivity index (χ2n) is 4.54. The second-order valence-corrected chi connectivity index (χ2v) is 4.54. The molecule has 0 saturated heterocycles. The summed E-state index contributed by atoms with van der Waals surface area (Å²) in [6.07, 6.45) is 3.10. The lowest BCUT2D eigenvalue weighted by Crippen LogP contribution is -2.17. The molecule has 21 heavy (non-hydrogen) atoms. The van der Waals surface area contributed by atoms with Crippen molar-refractivity contribution >= 4 is 17.0 Å². The Kier molecular flexibility index (Phi) is 2.98. The van der Waals surface area contributed by atoms with Crippen molar-refractivity contribution in [3.63, 3.8) is 0 Å². The standard InChI is InChI=1S/C15H13N3O3/c1-21-13-6-9(2-3-12(13)16)14(20)15-17-8-10-7-11(19)4-5-18(10)15/h2-8,20H,16H2,1H3. The van der Waals surface area contributed by atoms with E-state index in [1.54, 1.807) is 28.8 Å². The van der Waals surface area contributed by atoms with Crippen molar-refractivity contribution in [2.24, 2.45) is 0 Å². The Morgan fingerprint density at radius 1 is 1.33 bits per heavy atom. The maximum Gasteiger partial charge on any atom is 0.182 e. The van der Waals surface area contributed by atoms with E-state index in [1.165, 1.54) is 25.4 Å². The molecule has 0 aliphatic heterocycles. The molecule has 3 aromatic rings. The van der Waals surface area contributed by atoms with Crippen molar-refractivity contribution in [3.8, 4) is 5.75 Å². The van der Waals surface area contributed by atoms with Gasteiger partial charge in [0.1, 0.15) is 5.75 Å². The zero-order valence-corrected chi connectivity index (χ0v) is 11.3. The lowest BCUT2D eigenvalue weighted by molar-refractivity contribution is 0.416. The molecule has 0 saturated carbocycles. The van der Waals surface area contributed by atoms with Crippen LogP contribution in [-0.2, 0) is 0 Å². The summed E-state index contributed by atoms with van der Waals surface area (Å²) in [6.45, 7) is 0. The molecule has 1 aromatic carbocycles. The molecule has 0 unspecified atom stereocenters. The number of aliphatic hydroxyl groups is 1. The number of nitrogens with zero attached hydrogens (tertiary/aromatic N) is 2. The van der Waals surface area contributed by atoms with Crippen molar-refractivity contribution < 1.29 is 9.84 Å². The highest BCUT2D eigenvalue weighted by molar-refractivity contribution is 5.65. The number of ether oxygens (including phenoxy) is 1. The van der Waals surface area contributed by atoms with Crippen LogP contribution < -0.4 is 21.4 Å². The number of rotatable bonds is 2. The van der Waals surface area contributed by atoms with Crippen LogP contribution in [0, 0.1) is 0 Å². The summed E-state index contributed by atoms with van der Waals surface area (Å²) in [5.41, 5.74) is 7.62. The number of aliphatic hydroxyl groups excluding tert-OH is 1. The van der Waals surface area contributed by atoms with Crippen LogP contribution in [0.15, 0.2) is 47.5 Å². The molecule has 0 radical (unpaired) electrons. The summed E-state index contributed by atoms with van der Waals surface area (Å²) in [6, 6.07) is 7.82. The van der Waals surface area contributed by atoms with Crippen molar-refractivity contribution in [3.05, 3.63) is 64.0 Å². The summed E-state index contributed by atoms with van der Waals surface area (Å²) in [5.74, 6) is 0.453. The molecule has 6 nitrogen and oxygen atoms in total. The molecule has 2 aromatic heterocycles. The van der Waals surface area contributed by atoms with Gasteiger partial charge < -0.3 is 15.6 Å². The molecule has 0 aliphatic carbocycles. The maximum atomic E-state index is 11.3. The van der Waals surface area contributed by atoms with Gasteiger partial charge in [-0.1, -0.05) is 0 Å². The molecule has 0 fully saturated rings. The van der Waals surface area contributed by atoms with Crippen LogP contribution in [0.2, 0.25) is 0 Å². The fourth-order valence-corrected chi connectivity index (χ4v) is 2.14. The first-order chi connectivity index (χ1) is 10.1. The Morgan fingerprint density at radius 2 is 2.14 bits per heavy atom. The van der Waals surface area contributed by atoms with Gasteiger partial charge in [-0.2, -0.15) is 0 Å². The Balaban J connectivity index is 2.27. The van der Waals surface area contributed by atoms with E-state index in [2.05, 4.69) is 4.98 Å². The summed E-state index contributed by atoms with van der Waals surface area (Å²) in [4.78, 5) is 15.5. The van der Waals surface area contributed by atoms with Crippen molar-refractivity contribution in [1.82, 2.24) is 9.38 Å². The van der Waals surface area contributed by atoms with Crippen LogP contribution in [0.3, 0.4) is 0 Å². The molecule has 0 atom stereocenters. The molecule has 0 spiro atoms. The smallest absolute Gasteiger partial charge is 0.182 e. The Hall–Kier alpha value is -3.02. The molecule has 0 aliphatic rings. The van der Waals surface area contributed by atoms with E-state index in [0.29, 0.717) is 28.0 Å². The van der Waals surface area contributed by atoms with E-state index in [-0.39, 0.29) is 11.2 Å². The molecule has 3 rings (SSSR count). The van der Waals surface area contributed by atoms with Gasteiger partial charge in [0, 0.05) is 23.9 Å². The second kappa shape index (κ2) is 4.82. The summed E-state index contributed by atoms with van der Waals surface area (Å²) in [5, 5.41) is 10.4. The monoisotopic (exact) mass is 283 g/mol. The quantitative estimate of drug-likeness (QED) is 0.676. The van der Waals surface area contributed by atoms with E-state index in [1.807, 2.05) is 0 Å². The number of nitrogens with two attached hydrogens (primary N) is 1. The normalized spacial score (nSPS) is 12.4. The van der Waals surface area contributed by atoms with Gasteiger partial charge in [-0.25, -0.2) is 4.98 Å². The van der Waals surface area contributed by atoms with Crippen LogP contribution in [0.25, 0.3) is 11.3 Å². The fourth-order valence-electron chi connectivity index (χ4n) is 2.14. The lowest BCUT2D eigenvalue weighted by atomic mass is 10.1. The van der Waals surface area contributed by atoms with E-state index in [4.69, 9.17) is 10.5 Å². The average molecular weight is 283 g/mol. The lowest BCUT2D eigenvalue weighted by Gasteiger charge is -2.06. The Bertz CT molecular complexity index is 931. The van der Waals surface area contributed by atoms with Gasteiger partial charge in [0.05, 0.1) is 24.5 Å². The first-order valence-corrected chi connectivity index (χ1v) is 6.24. The van der Waals surface area contributed by atoms with Gasteiger partial charge in [-0.3, -0.25) is 9.20 Å². The number of hydrogen-bond donors (Lipinski definition) is 2. The molecule has 106 valence electrons. The summed E-state index contributed by atoms with van der Waals surface area (Å²) >= 11 is 0. The van der Waals surface area contributed by atoms with Crippen molar-refractivity contribution in [2.45, 2.75) is 0 Å². The number of hydrogen-bond acceptors (Lipinski definition) is 5. The van der Waals surface area contributed by atoms with E-state index in [9.17, 15) is 9.90 Å². The third kappa shape index (κ3) is 2.16. The number of imidazole rings is 1. The Labute approximate surface area is 119 Å². The van der Waals surface area contributed by atoms with Gasteiger partial charge in [-0.05, 0) is 18.2 Å². The predicted octanol–water partition coefficient (Wildman–Crippen LogP) is 0.719. The van der Waals surface area contributed by atoms with E-state index in [0.717, 1.165) is 0 Å². The number of benzene rings is 1. The average Bonchev–Trinajstić information content (AvgIpc) is 2.89. The zero-order chi connectivity index (χ0) is 15.0. The number of anilines is 1. The van der Waals surface area contributed by atoms with Crippen LogP contribution >= 0.6 is 0 Å².